The molecule has 5 nitrogen and oxygen atoms in total. The molecule has 1 fully saturated rings. The number of hydrogen-bond donors (Lipinski definition) is 1. The van der Waals surface area contributed by atoms with E-state index in [9.17, 15) is 5.26 Å². The Kier molecular flexibility index (Phi) is 5.72. The number of hydrogen-bond acceptors (Lipinski definition) is 4. The number of nitriles is 1. The SMILES string of the molecule is Cc1cccc(-c2ccc3nc(-c4ccc(C#N)cc4)c(CN4CCCNCC4)n3c2)c1. The minimum absolute atomic E-state index is 0.666. The zero-order valence-electron chi connectivity index (χ0n) is 18.4. The van der Waals surface area contributed by atoms with Crippen molar-refractivity contribution in [1.82, 2.24) is 19.6 Å². The maximum Gasteiger partial charge on any atom is 0.137 e. The van der Waals surface area contributed by atoms with Crippen LogP contribution in [0.25, 0.3) is 28.0 Å². The summed E-state index contributed by atoms with van der Waals surface area (Å²) in [6.07, 6.45) is 3.37. The van der Waals surface area contributed by atoms with Gasteiger partial charge in [-0.2, -0.15) is 5.26 Å². The predicted octanol–water partition coefficient (Wildman–Crippen LogP) is 4.64. The number of pyridine rings is 1. The third kappa shape index (κ3) is 4.16. The molecule has 0 unspecified atom stereocenters. The highest BCUT2D eigenvalue weighted by molar-refractivity contribution is 5.70. The van der Waals surface area contributed by atoms with Gasteiger partial charge in [-0.05, 0) is 61.8 Å². The summed E-state index contributed by atoms with van der Waals surface area (Å²) in [5.74, 6) is 0. The molecule has 0 aliphatic carbocycles. The summed E-state index contributed by atoms with van der Waals surface area (Å²) in [4.78, 5) is 7.53. The molecular weight excluding hydrogens is 394 g/mol. The number of imidazole rings is 1. The monoisotopic (exact) mass is 421 g/mol. The van der Waals surface area contributed by atoms with E-state index in [1.54, 1.807) is 0 Å². The number of rotatable bonds is 4. The fourth-order valence-electron chi connectivity index (χ4n) is 4.45. The van der Waals surface area contributed by atoms with Crippen LogP contribution in [0.4, 0.5) is 0 Å². The third-order valence-corrected chi connectivity index (χ3v) is 6.16. The number of aryl methyl sites for hydroxylation is 1. The van der Waals surface area contributed by atoms with E-state index in [-0.39, 0.29) is 0 Å². The van der Waals surface area contributed by atoms with Gasteiger partial charge in [0.05, 0.1) is 23.0 Å². The number of nitrogens with one attached hydrogen (secondary N) is 1. The average molecular weight is 422 g/mol. The van der Waals surface area contributed by atoms with Crippen molar-refractivity contribution in [2.45, 2.75) is 19.9 Å². The van der Waals surface area contributed by atoms with Crippen molar-refractivity contribution in [2.75, 3.05) is 26.2 Å². The van der Waals surface area contributed by atoms with Crippen molar-refractivity contribution >= 4 is 5.65 Å². The summed E-state index contributed by atoms with van der Waals surface area (Å²) in [6.45, 7) is 7.15. The molecule has 2 aromatic heterocycles. The van der Waals surface area contributed by atoms with E-state index < -0.39 is 0 Å². The van der Waals surface area contributed by atoms with E-state index in [4.69, 9.17) is 4.98 Å². The van der Waals surface area contributed by atoms with E-state index in [1.165, 1.54) is 22.4 Å². The first kappa shape index (κ1) is 20.4. The number of fused-ring (bicyclic) bond motifs is 1. The molecule has 5 heteroatoms. The van der Waals surface area contributed by atoms with Crippen LogP contribution >= 0.6 is 0 Å². The Morgan fingerprint density at radius 3 is 2.62 bits per heavy atom. The van der Waals surface area contributed by atoms with Gasteiger partial charge in [0.25, 0.3) is 0 Å². The molecule has 4 aromatic rings. The van der Waals surface area contributed by atoms with Crippen LogP contribution in [0.15, 0.2) is 66.9 Å². The molecule has 1 N–H and O–H groups in total. The molecule has 0 amide bonds. The second kappa shape index (κ2) is 8.96. The first-order chi connectivity index (χ1) is 15.7. The Morgan fingerprint density at radius 2 is 1.81 bits per heavy atom. The molecule has 1 aliphatic rings. The van der Waals surface area contributed by atoms with Crippen molar-refractivity contribution < 1.29 is 0 Å². The molecule has 5 rings (SSSR count). The highest BCUT2D eigenvalue weighted by atomic mass is 15.2. The van der Waals surface area contributed by atoms with E-state index in [1.807, 2.05) is 24.3 Å². The van der Waals surface area contributed by atoms with Crippen molar-refractivity contribution in [3.05, 3.63) is 83.7 Å². The largest absolute Gasteiger partial charge is 0.315 e. The summed E-state index contributed by atoms with van der Waals surface area (Å²) in [6, 6.07) is 22.8. The summed E-state index contributed by atoms with van der Waals surface area (Å²) in [5, 5.41) is 12.7. The lowest BCUT2D eigenvalue weighted by Gasteiger charge is -2.20. The first-order valence-corrected chi connectivity index (χ1v) is 11.2. The summed E-state index contributed by atoms with van der Waals surface area (Å²) in [5.41, 5.74) is 8.50. The molecule has 1 saturated heterocycles. The van der Waals surface area contributed by atoms with Crippen molar-refractivity contribution in [2.24, 2.45) is 0 Å². The van der Waals surface area contributed by atoms with E-state index in [0.717, 1.165) is 56.0 Å². The Hall–Kier alpha value is -3.46. The van der Waals surface area contributed by atoms with E-state index in [2.05, 4.69) is 70.2 Å². The quantitative estimate of drug-likeness (QED) is 0.521. The molecule has 1 aliphatic heterocycles. The maximum absolute atomic E-state index is 9.19. The van der Waals surface area contributed by atoms with Crippen LogP contribution in [0.3, 0.4) is 0 Å². The topological polar surface area (TPSA) is 56.4 Å². The lowest BCUT2D eigenvalue weighted by molar-refractivity contribution is 0.281. The molecule has 0 spiro atoms. The van der Waals surface area contributed by atoms with Crippen LogP contribution in [-0.2, 0) is 6.54 Å². The average Bonchev–Trinajstić information content (AvgIpc) is 2.98. The van der Waals surface area contributed by atoms with Gasteiger partial charge in [0, 0.05) is 31.4 Å². The van der Waals surface area contributed by atoms with Crippen LogP contribution in [-0.4, -0.2) is 40.5 Å². The maximum atomic E-state index is 9.19. The lowest BCUT2D eigenvalue weighted by atomic mass is 10.1. The molecule has 32 heavy (non-hydrogen) atoms. The van der Waals surface area contributed by atoms with Gasteiger partial charge < -0.3 is 9.72 Å². The Bertz CT molecular complexity index is 1270. The van der Waals surface area contributed by atoms with Crippen LogP contribution in [0, 0.1) is 18.3 Å². The molecule has 0 saturated carbocycles. The highest BCUT2D eigenvalue weighted by Crippen LogP contribution is 2.29. The summed E-state index contributed by atoms with van der Waals surface area (Å²) in [7, 11) is 0. The first-order valence-electron chi connectivity index (χ1n) is 11.2. The molecular formula is C27H27N5. The van der Waals surface area contributed by atoms with Crippen molar-refractivity contribution in [3.8, 4) is 28.5 Å². The molecule has 3 heterocycles. The van der Waals surface area contributed by atoms with E-state index in [0.29, 0.717) is 5.56 Å². The van der Waals surface area contributed by atoms with Crippen molar-refractivity contribution in [1.29, 1.82) is 5.26 Å². The Balaban J connectivity index is 1.63. The van der Waals surface area contributed by atoms with Gasteiger partial charge in [-0.15, -0.1) is 0 Å². The van der Waals surface area contributed by atoms with Crippen LogP contribution in [0.5, 0.6) is 0 Å². The summed E-state index contributed by atoms with van der Waals surface area (Å²) < 4.78 is 2.25. The normalized spacial score (nSPS) is 14.9. The molecule has 2 aromatic carbocycles. The van der Waals surface area contributed by atoms with Gasteiger partial charge >= 0.3 is 0 Å². The lowest BCUT2D eigenvalue weighted by Crippen LogP contribution is -2.28. The molecule has 0 radical (unpaired) electrons. The molecule has 0 atom stereocenters. The van der Waals surface area contributed by atoms with Crippen LogP contribution in [0.1, 0.15) is 23.2 Å². The zero-order chi connectivity index (χ0) is 21.9. The van der Waals surface area contributed by atoms with Gasteiger partial charge in [-0.1, -0.05) is 42.0 Å². The predicted molar refractivity (Wildman–Crippen MR) is 128 cm³/mol. The van der Waals surface area contributed by atoms with Gasteiger partial charge in [0.2, 0.25) is 0 Å². The van der Waals surface area contributed by atoms with Crippen LogP contribution in [0.2, 0.25) is 0 Å². The Labute approximate surface area is 188 Å². The second-order valence-corrected chi connectivity index (χ2v) is 8.49. The van der Waals surface area contributed by atoms with Gasteiger partial charge in [-0.3, -0.25) is 4.90 Å². The third-order valence-electron chi connectivity index (χ3n) is 6.16. The van der Waals surface area contributed by atoms with Gasteiger partial charge in [0.15, 0.2) is 0 Å². The van der Waals surface area contributed by atoms with Crippen LogP contribution < -0.4 is 5.32 Å². The number of aromatic nitrogens is 2. The number of nitrogens with zero attached hydrogens (tertiary/aromatic N) is 4. The molecule has 0 bridgehead atoms. The number of benzene rings is 2. The minimum atomic E-state index is 0.666. The fraction of sp³-hybridized carbons (Fsp3) is 0.259. The summed E-state index contributed by atoms with van der Waals surface area (Å²) >= 11 is 0. The highest BCUT2D eigenvalue weighted by Gasteiger charge is 2.19. The standard InChI is InChI=1S/C27H27N5/c1-20-4-2-5-23(16-20)24-10-11-26-30-27(22-8-6-21(17-28)7-9-22)25(32(26)18-24)19-31-14-3-12-29-13-15-31/h2,4-11,16,18,29H,3,12-15,19H2,1H3. The second-order valence-electron chi connectivity index (χ2n) is 8.49. The van der Waals surface area contributed by atoms with Gasteiger partial charge in [-0.25, -0.2) is 4.98 Å². The minimum Gasteiger partial charge on any atom is -0.315 e. The molecule has 160 valence electrons. The zero-order valence-corrected chi connectivity index (χ0v) is 18.4. The van der Waals surface area contributed by atoms with Gasteiger partial charge in [0.1, 0.15) is 5.65 Å². The Morgan fingerprint density at radius 1 is 0.969 bits per heavy atom. The fourth-order valence-corrected chi connectivity index (χ4v) is 4.45. The van der Waals surface area contributed by atoms with E-state index >= 15 is 0 Å². The van der Waals surface area contributed by atoms with Crippen molar-refractivity contribution in [3.63, 3.8) is 0 Å². The smallest absolute Gasteiger partial charge is 0.137 e.